The van der Waals surface area contributed by atoms with E-state index in [0.717, 1.165) is 42.6 Å². The highest BCUT2D eigenvalue weighted by Crippen LogP contribution is 2.22. The van der Waals surface area contributed by atoms with Gasteiger partial charge >= 0.3 is 5.97 Å². The molecule has 2 N–H and O–H groups in total. The summed E-state index contributed by atoms with van der Waals surface area (Å²) >= 11 is 0. The molecule has 0 aliphatic carbocycles. The van der Waals surface area contributed by atoms with E-state index in [2.05, 4.69) is 5.48 Å². The second kappa shape index (κ2) is 8.12. The molecule has 1 aromatic rings. The molecule has 0 bridgehead atoms. The van der Waals surface area contributed by atoms with Gasteiger partial charge in [0.1, 0.15) is 5.75 Å². The van der Waals surface area contributed by atoms with Crippen LogP contribution in [0.25, 0.3) is 0 Å². The van der Waals surface area contributed by atoms with Crippen molar-refractivity contribution >= 4 is 5.97 Å². The number of carbonyl (C=O) groups is 1. The molecule has 122 valence electrons. The zero-order valence-electron chi connectivity index (χ0n) is 13.1. The normalized spacial score (nSPS) is 18.2. The van der Waals surface area contributed by atoms with Crippen molar-refractivity contribution in [1.82, 2.24) is 5.48 Å². The highest BCUT2D eigenvalue weighted by atomic mass is 16.8. The molecule has 1 aliphatic heterocycles. The Bertz CT molecular complexity index is 488. The van der Waals surface area contributed by atoms with Gasteiger partial charge in [-0.25, -0.2) is 4.79 Å². The van der Waals surface area contributed by atoms with Gasteiger partial charge in [-0.3, -0.25) is 4.84 Å². The van der Waals surface area contributed by atoms with E-state index in [1.54, 1.807) is 0 Å². The first-order valence-electron chi connectivity index (χ1n) is 7.51. The van der Waals surface area contributed by atoms with Crippen molar-refractivity contribution in [1.29, 1.82) is 0 Å². The van der Waals surface area contributed by atoms with Gasteiger partial charge in [-0.15, -0.1) is 0 Å². The quantitative estimate of drug-likeness (QED) is 0.753. The third-order valence-corrected chi connectivity index (χ3v) is 3.63. The first-order chi connectivity index (χ1) is 10.6. The first kappa shape index (κ1) is 16.7. The highest BCUT2D eigenvalue weighted by molar-refractivity contribution is 5.68. The third kappa shape index (κ3) is 4.98. The van der Waals surface area contributed by atoms with Crippen LogP contribution in [0.3, 0.4) is 0 Å². The lowest BCUT2D eigenvalue weighted by atomic mass is 10.0. The van der Waals surface area contributed by atoms with Crippen LogP contribution in [0.4, 0.5) is 0 Å². The Balaban J connectivity index is 1.88. The summed E-state index contributed by atoms with van der Waals surface area (Å²) in [5, 5.41) is 8.64. The zero-order valence-corrected chi connectivity index (χ0v) is 13.1. The van der Waals surface area contributed by atoms with Gasteiger partial charge in [0.15, 0.2) is 12.9 Å². The molecule has 1 atom stereocenters. The number of carboxylic acid groups (broad SMARTS) is 1. The lowest BCUT2D eigenvalue weighted by Crippen LogP contribution is -2.29. The minimum atomic E-state index is -0.984. The van der Waals surface area contributed by atoms with Gasteiger partial charge in [-0.05, 0) is 55.5 Å². The fourth-order valence-corrected chi connectivity index (χ4v) is 2.47. The SMILES string of the molecule is Cc1cc(OCC(=O)O)cc(C)c1CNOC1CCCCO1. The van der Waals surface area contributed by atoms with Crippen molar-refractivity contribution in [3.05, 3.63) is 28.8 Å². The summed E-state index contributed by atoms with van der Waals surface area (Å²) in [6.45, 7) is 4.92. The fraction of sp³-hybridized carbons (Fsp3) is 0.562. The third-order valence-electron chi connectivity index (χ3n) is 3.63. The topological polar surface area (TPSA) is 77.0 Å². The zero-order chi connectivity index (χ0) is 15.9. The first-order valence-corrected chi connectivity index (χ1v) is 7.51. The second-order valence-corrected chi connectivity index (χ2v) is 5.45. The molecule has 0 saturated carbocycles. The number of ether oxygens (including phenoxy) is 2. The van der Waals surface area contributed by atoms with Crippen molar-refractivity contribution < 1.29 is 24.2 Å². The van der Waals surface area contributed by atoms with Crippen LogP contribution in [0.1, 0.15) is 36.0 Å². The molecule has 0 spiro atoms. The van der Waals surface area contributed by atoms with Crippen molar-refractivity contribution in [2.24, 2.45) is 0 Å². The van der Waals surface area contributed by atoms with Crippen LogP contribution in [0.15, 0.2) is 12.1 Å². The van der Waals surface area contributed by atoms with Crippen LogP contribution in [0.2, 0.25) is 0 Å². The van der Waals surface area contributed by atoms with Crippen LogP contribution in [0.5, 0.6) is 5.75 Å². The predicted molar refractivity (Wildman–Crippen MR) is 80.6 cm³/mol. The van der Waals surface area contributed by atoms with E-state index in [4.69, 9.17) is 19.4 Å². The molecule has 0 aromatic heterocycles. The van der Waals surface area contributed by atoms with Crippen molar-refractivity contribution in [3.8, 4) is 5.75 Å². The van der Waals surface area contributed by atoms with Crippen LogP contribution < -0.4 is 10.2 Å². The number of rotatable bonds is 7. The summed E-state index contributed by atoms with van der Waals surface area (Å²) in [6.07, 6.45) is 2.95. The average Bonchev–Trinajstić information content (AvgIpc) is 2.49. The summed E-state index contributed by atoms with van der Waals surface area (Å²) in [5.41, 5.74) is 6.13. The molecule has 1 fully saturated rings. The maximum atomic E-state index is 10.5. The van der Waals surface area contributed by atoms with Gasteiger partial charge in [-0.2, -0.15) is 5.48 Å². The molecule has 1 heterocycles. The molecule has 1 unspecified atom stereocenters. The number of aryl methyl sites for hydroxylation is 2. The summed E-state index contributed by atoms with van der Waals surface area (Å²) in [5.74, 6) is -0.417. The van der Waals surface area contributed by atoms with Gasteiger partial charge in [0.05, 0.1) is 0 Å². The van der Waals surface area contributed by atoms with Crippen LogP contribution in [-0.2, 0) is 20.9 Å². The Morgan fingerprint density at radius 3 is 2.68 bits per heavy atom. The van der Waals surface area contributed by atoms with Crippen molar-refractivity contribution in [2.45, 2.75) is 45.9 Å². The maximum Gasteiger partial charge on any atom is 0.341 e. The second-order valence-electron chi connectivity index (χ2n) is 5.45. The van der Waals surface area contributed by atoms with Crippen LogP contribution in [0, 0.1) is 13.8 Å². The average molecular weight is 309 g/mol. The van der Waals surface area contributed by atoms with Crippen molar-refractivity contribution in [2.75, 3.05) is 13.2 Å². The number of nitrogens with one attached hydrogen (secondary N) is 1. The van der Waals surface area contributed by atoms with Crippen molar-refractivity contribution in [3.63, 3.8) is 0 Å². The van der Waals surface area contributed by atoms with E-state index >= 15 is 0 Å². The monoisotopic (exact) mass is 309 g/mol. The molecule has 1 aliphatic rings. The molecule has 22 heavy (non-hydrogen) atoms. The van der Waals surface area contributed by atoms with E-state index in [0.29, 0.717) is 12.3 Å². The molecule has 2 rings (SSSR count). The molecule has 1 aromatic carbocycles. The maximum absolute atomic E-state index is 10.5. The van der Waals surface area contributed by atoms with E-state index < -0.39 is 5.97 Å². The fourth-order valence-electron chi connectivity index (χ4n) is 2.47. The Labute approximate surface area is 130 Å². The molecule has 1 saturated heterocycles. The summed E-state index contributed by atoms with van der Waals surface area (Å²) in [4.78, 5) is 16.1. The summed E-state index contributed by atoms with van der Waals surface area (Å²) < 4.78 is 10.7. The Morgan fingerprint density at radius 2 is 2.09 bits per heavy atom. The molecule has 6 heteroatoms. The summed E-state index contributed by atoms with van der Waals surface area (Å²) in [7, 11) is 0. The van der Waals surface area contributed by atoms with Gasteiger partial charge in [0, 0.05) is 19.6 Å². The lowest BCUT2D eigenvalue weighted by molar-refractivity contribution is -0.198. The van der Waals surface area contributed by atoms with Gasteiger partial charge in [0.25, 0.3) is 0 Å². The lowest BCUT2D eigenvalue weighted by Gasteiger charge is -2.23. The molecular formula is C16H23NO5. The Kier molecular flexibility index (Phi) is 6.18. The highest BCUT2D eigenvalue weighted by Gasteiger charge is 2.14. The smallest absolute Gasteiger partial charge is 0.341 e. The van der Waals surface area contributed by atoms with E-state index in [-0.39, 0.29) is 12.9 Å². The van der Waals surface area contributed by atoms with Crippen LogP contribution in [-0.4, -0.2) is 30.6 Å². The van der Waals surface area contributed by atoms with Gasteiger partial charge in [-0.1, -0.05) is 0 Å². The minimum absolute atomic E-state index is 0.174. The van der Waals surface area contributed by atoms with Gasteiger partial charge < -0.3 is 14.6 Å². The molecular weight excluding hydrogens is 286 g/mol. The standard InChI is InChI=1S/C16H23NO5/c1-11-7-13(21-10-15(18)19)8-12(2)14(11)9-17-22-16-5-3-4-6-20-16/h7-8,16-17H,3-6,9-10H2,1-2H3,(H,18,19). The summed E-state index contributed by atoms with van der Waals surface area (Å²) in [6, 6.07) is 3.67. The van der Waals surface area contributed by atoms with Gasteiger partial charge in [0.2, 0.25) is 0 Å². The molecule has 0 radical (unpaired) electrons. The van der Waals surface area contributed by atoms with Crippen LogP contribution >= 0.6 is 0 Å². The van der Waals surface area contributed by atoms with E-state index in [1.165, 1.54) is 0 Å². The van der Waals surface area contributed by atoms with E-state index in [9.17, 15) is 4.79 Å². The number of carboxylic acids is 1. The number of aliphatic carboxylic acids is 1. The Hall–Kier alpha value is -1.63. The number of hydroxylamine groups is 1. The number of hydrogen-bond donors (Lipinski definition) is 2. The molecule has 6 nitrogen and oxygen atoms in total. The number of hydrogen-bond acceptors (Lipinski definition) is 5. The minimum Gasteiger partial charge on any atom is -0.482 e. The largest absolute Gasteiger partial charge is 0.482 e. The van der Waals surface area contributed by atoms with E-state index in [1.807, 2.05) is 26.0 Å². The number of benzene rings is 1. The molecule has 0 amide bonds. The predicted octanol–water partition coefficient (Wildman–Crippen LogP) is 2.31. The Morgan fingerprint density at radius 1 is 1.36 bits per heavy atom.